The third kappa shape index (κ3) is 3.69. The Morgan fingerprint density at radius 1 is 1.14 bits per heavy atom. The zero-order valence-corrected chi connectivity index (χ0v) is 17.1. The lowest BCUT2D eigenvalue weighted by Gasteiger charge is -2.24. The summed E-state index contributed by atoms with van der Waals surface area (Å²) in [7, 11) is 0. The highest BCUT2D eigenvalue weighted by atomic mass is 16.2. The largest absolute Gasteiger partial charge is 0.308 e. The molecule has 5 heteroatoms. The number of anilines is 1. The Kier molecular flexibility index (Phi) is 5.47. The Bertz CT molecular complexity index is 1120. The smallest absolute Gasteiger partial charge is 0.261 e. The van der Waals surface area contributed by atoms with Crippen LogP contribution in [0.5, 0.6) is 0 Å². The van der Waals surface area contributed by atoms with Crippen LogP contribution in [0.1, 0.15) is 54.4 Å². The molecule has 2 heterocycles. The fraction of sp³-hybridized carbons (Fsp3) is 0.375. The average molecular weight is 389 g/mol. The normalized spacial score (nSPS) is 13.7. The molecule has 0 N–H and O–H groups in total. The molecule has 0 saturated heterocycles. The Hall–Kier alpha value is -2.95. The number of carbonyl (C=O) groups excluding carboxylic acids is 1. The number of amides is 1. The van der Waals surface area contributed by atoms with Gasteiger partial charge in [0.15, 0.2) is 0 Å². The number of benzene rings is 2. The molecule has 2 aromatic carbocycles. The van der Waals surface area contributed by atoms with Crippen molar-refractivity contribution in [2.75, 3.05) is 11.4 Å². The lowest BCUT2D eigenvalue weighted by molar-refractivity contribution is 0.0987. The molecule has 0 fully saturated rings. The minimum absolute atomic E-state index is 0.00946. The first-order chi connectivity index (χ1) is 14.1. The highest BCUT2D eigenvalue weighted by Crippen LogP contribution is 2.23. The number of fused-ring (bicyclic) bond motifs is 2. The second-order valence-corrected chi connectivity index (χ2v) is 7.77. The van der Waals surface area contributed by atoms with Crippen LogP contribution in [0.3, 0.4) is 0 Å². The summed E-state index contributed by atoms with van der Waals surface area (Å²) in [4.78, 5) is 32.9. The molecule has 3 aromatic rings. The van der Waals surface area contributed by atoms with Gasteiger partial charge in [0.05, 0.1) is 10.9 Å². The monoisotopic (exact) mass is 389 g/mol. The number of hydrogen-bond acceptors (Lipinski definition) is 3. The second-order valence-electron chi connectivity index (χ2n) is 7.77. The van der Waals surface area contributed by atoms with E-state index >= 15 is 0 Å². The third-order valence-electron chi connectivity index (χ3n) is 5.66. The standard InChI is InChI=1S/C24H27N3O2/c1-3-14-26(21-10-7-6-9-17(21)2)23(28)18-12-13-19-20(16-18)25-22-11-5-4-8-15-27(22)24(19)29/h6-7,9-10,12-13,16H,3-5,8,11,14-15H2,1-2H3. The molecule has 1 aromatic heterocycles. The van der Waals surface area contributed by atoms with E-state index in [1.165, 1.54) is 0 Å². The quantitative estimate of drug-likeness (QED) is 0.661. The molecule has 0 atom stereocenters. The van der Waals surface area contributed by atoms with Gasteiger partial charge in [0.1, 0.15) is 5.82 Å². The summed E-state index contributed by atoms with van der Waals surface area (Å²) in [5.41, 5.74) is 3.19. The van der Waals surface area contributed by atoms with Gasteiger partial charge in [0, 0.05) is 30.8 Å². The molecule has 0 radical (unpaired) electrons. The first-order valence-corrected chi connectivity index (χ1v) is 10.5. The van der Waals surface area contributed by atoms with E-state index in [1.807, 2.05) is 40.7 Å². The van der Waals surface area contributed by atoms with E-state index in [1.54, 1.807) is 18.2 Å². The molecule has 0 aliphatic carbocycles. The van der Waals surface area contributed by atoms with Crippen molar-refractivity contribution in [2.45, 2.75) is 52.5 Å². The van der Waals surface area contributed by atoms with Gasteiger partial charge in [0.2, 0.25) is 0 Å². The van der Waals surface area contributed by atoms with Crippen molar-refractivity contribution in [2.24, 2.45) is 0 Å². The van der Waals surface area contributed by atoms with Crippen molar-refractivity contribution in [3.05, 3.63) is 69.8 Å². The van der Waals surface area contributed by atoms with Crippen LogP contribution in [0, 0.1) is 6.92 Å². The summed E-state index contributed by atoms with van der Waals surface area (Å²) in [6, 6.07) is 13.2. The number of nitrogens with zero attached hydrogens (tertiary/aromatic N) is 3. The van der Waals surface area contributed by atoms with Crippen molar-refractivity contribution < 1.29 is 4.79 Å². The summed E-state index contributed by atoms with van der Waals surface area (Å²) in [5, 5.41) is 0.588. The predicted octanol–water partition coefficient (Wildman–Crippen LogP) is 4.49. The van der Waals surface area contributed by atoms with Gasteiger partial charge in [-0.25, -0.2) is 4.98 Å². The van der Waals surface area contributed by atoms with Gasteiger partial charge >= 0.3 is 0 Å². The van der Waals surface area contributed by atoms with E-state index in [9.17, 15) is 9.59 Å². The van der Waals surface area contributed by atoms with Crippen molar-refractivity contribution >= 4 is 22.5 Å². The number of rotatable bonds is 4. The van der Waals surface area contributed by atoms with Crippen LogP contribution in [0.25, 0.3) is 10.9 Å². The Balaban J connectivity index is 1.78. The third-order valence-corrected chi connectivity index (χ3v) is 5.66. The Morgan fingerprint density at radius 2 is 1.97 bits per heavy atom. The van der Waals surface area contributed by atoms with E-state index in [0.29, 0.717) is 23.0 Å². The molecule has 1 aliphatic rings. The highest BCUT2D eigenvalue weighted by molar-refractivity contribution is 6.08. The van der Waals surface area contributed by atoms with E-state index in [-0.39, 0.29) is 11.5 Å². The predicted molar refractivity (Wildman–Crippen MR) is 117 cm³/mol. The SMILES string of the molecule is CCCN(C(=O)c1ccc2c(=O)n3c(nc2c1)CCCCC3)c1ccccc1C. The molecule has 29 heavy (non-hydrogen) atoms. The van der Waals surface area contributed by atoms with Crippen molar-refractivity contribution in [1.29, 1.82) is 0 Å². The van der Waals surface area contributed by atoms with Crippen LogP contribution >= 0.6 is 0 Å². The molecule has 150 valence electrons. The van der Waals surface area contributed by atoms with Crippen LogP contribution in [-0.4, -0.2) is 22.0 Å². The molecule has 0 saturated carbocycles. The van der Waals surface area contributed by atoms with Gasteiger partial charge < -0.3 is 4.90 Å². The van der Waals surface area contributed by atoms with Gasteiger partial charge in [-0.15, -0.1) is 0 Å². The van der Waals surface area contributed by atoms with Gasteiger partial charge in [-0.1, -0.05) is 31.5 Å². The molecule has 0 unspecified atom stereocenters. The number of hydrogen-bond donors (Lipinski definition) is 0. The molecular weight excluding hydrogens is 362 g/mol. The molecule has 1 amide bonds. The van der Waals surface area contributed by atoms with Crippen LogP contribution in [-0.2, 0) is 13.0 Å². The van der Waals surface area contributed by atoms with Crippen molar-refractivity contribution in [3.8, 4) is 0 Å². The molecule has 5 nitrogen and oxygen atoms in total. The topological polar surface area (TPSA) is 55.2 Å². The lowest BCUT2D eigenvalue weighted by atomic mass is 10.1. The van der Waals surface area contributed by atoms with Crippen LogP contribution in [0.4, 0.5) is 5.69 Å². The Labute approximate surface area is 171 Å². The maximum absolute atomic E-state index is 13.4. The first kappa shape index (κ1) is 19.4. The molecular formula is C24H27N3O2. The zero-order chi connectivity index (χ0) is 20.4. The molecule has 1 aliphatic heterocycles. The minimum Gasteiger partial charge on any atom is -0.308 e. The fourth-order valence-electron chi connectivity index (χ4n) is 4.13. The van der Waals surface area contributed by atoms with Crippen molar-refractivity contribution in [1.82, 2.24) is 9.55 Å². The van der Waals surface area contributed by atoms with Crippen LogP contribution in [0.15, 0.2) is 47.3 Å². The van der Waals surface area contributed by atoms with Gasteiger partial charge in [-0.05, 0) is 56.0 Å². The van der Waals surface area contributed by atoms with Gasteiger partial charge in [-0.3, -0.25) is 14.2 Å². The summed E-state index contributed by atoms with van der Waals surface area (Å²) in [6.45, 7) is 5.46. The highest BCUT2D eigenvalue weighted by Gasteiger charge is 2.20. The summed E-state index contributed by atoms with van der Waals surface area (Å²) in [5.74, 6) is 0.786. The molecule has 4 rings (SSSR count). The van der Waals surface area contributed by atoms with Crippen molar-refractivity contribution in [3.63, 3.8) is 0 Å². The zero-order valence-electron chi connectivity index (χ0n) is 17.1. The molecule has 0 bridgehead atoms. The van der Waals surface area contributed by atoms with Gasteiger partial charge in [-0.2, -0.15) is 0 Å². The average Bonchev–Trinajstić information content (AvgIpc) is 2.98. The maximum Gasteiger partial charge on any atom is 0.261 e. The number of carbonyl (C=O) groups is 1. The van der Waals surface area contributed by atoms with E-state index in [0.717, 1.165) is 55.7 Å². The second kappa shape index (κ2) is 8.19. The first-order valence-electron chi connectivity index (χ1n) is 10.5. The number of aromatic nitrogens is 2. The lowest BCUT2D eigenvalue weighted by Crippen LogP contribution is -2.32. The number of aryl methyl sites for hydroxylation is 2. The fourth-order valence-corrected chi connectivity index (χ4v) is 4.13. The Morgan fingerprint density at radius 3 is 2.76 bits per heavy atom. The van der Waals surface area contributed by atoms with E-state index < -0.39 is 0 Å². The maximum atomic E-state index is 13.4. The summed E-state index contributed by atoms with van der Waals surface area (Å²) in [6.07, 6.45) is 4.85. The summed E-state index contributed by atoms with van der Waals surface area (Å²) < 4.78 is 1.81. The summed E-state index contributed by atoms with van der Waals surface area (Å²) >= 11 is 0. The minimum atomic E-state index is -0.0557. The van der Waals surface area contributed by atoms with E-state index in [4.69, 9.17) is 4.98 Å². The van der Waals surface area contributed by atoms with Crippen LogP contribution < -0.4 is 10.5 Å². The van der Waals surface area contributed by atoms with Crippen LogP contribution in [0.2, 0.25) is 0 Å². The number of para-hydroxylation sites is 1. The van der Waals surface area contributed by atoms with Gasteiger partial charge in [0.25, 0.3) is 11.5 Å². The molecule has 0 spiro atoms. The van der Waals surface area contributed by atoms with E-state index in [2.05, 4.69) is 6.92 Å².